The zero-order valence-electron chi connectivity index (χ0n) is 6.66. The van der Waals surface area contributed by atoms with E-state index in [1.807, 2.05) is 0 Å². The van der Waals surface area contributed by atoms with E-state index in [2.05, 4.69) is 26.2 Å². The first kappa shape index (κ1) is 10.5. The number of benzene rings is 1. The summed E-state index contributed by atoms with van der Waals surface area (Å²) in [6.07, 6.45) is 0. The molecule has 0 amide bonds. The summed E-state index contributed by atoms with van der Waals surface area (Å²) in [6.45, 7) is 0. The van der Waals surface area contributed by atoms with Crippen molar-refractivity contribution in [3.8, 4) is 0 Å². The van der Waals surface area contributed by atoms with E-state index in [4.69, 9.17) is 0 Å². The summed E-state index contributed by atoms with van der Waals surface area (Å²) in [5, 5.41) is 6.29. The van der Waals surface area contributed by atoms with Crippen LogP contribution in [0.15, 0.2) is 10.2 Å². The first-order chi connectivity index (χ1) is 6.88. The Bertz CT molecular complexity index is 452. The second kappa shape index (κ2) is 2.97. The van der Waals surface area contributed by atoms with E-state index in [-0.39, 0.29) is 0 Å². The fourth-order valence-corrected chi connectivity index (χ4v) is 1.46. The lowest BCUT2D eigenvalue weighted by Crippen LogP contribution is -2.12. The Hall–Kier alpha value is -1.05. The predicted octanol–water partition coefficient (Wildman–Crippen LogP) is 3.35. The summed E-state index contributed by atoms with van der Waals surface area (Å²) in [5.41, 5.74) is -1.10. The summed E-state index contributed by atoms with van der Waals surface area (Å²) in [5.74, 6) is -10.1. The van der Waals surface area contributed by atoms with Gasteiger partial charge in [-0.15, -0.1) is 10.2 Å². The number of hydrogen-bond acceptors (Lipinski definition) is 2. The maximum atomic E-state index is 13.1. The third kappa shape index (κ3) is 1.35. The van der Waals surface area contributed by atoms with Crippen LogP contribution in [0.5, 0.6) is 0 Å². The largest absolute Gasteiger partial charge is 0.275 e. The molecule has 1 aliphatic rings. The molecule has 0 aromatic heterocycles. The summed E-state index contributed by atoms with van der Waals surface area (Å²) < 4.78 is 62.3. The van der Waals surface area contributed by atoms with E-state index in [0.717, 1.165) is 0 Å². The van der Waals surface area contributed by atoms with Crippen molar-refractivity contribution >= 4 is 15.9 Å². The number of halogens is 6. The quantitative estimate of drug-likeness (QED) is 0.249. The van der Waals surface area contributed by atoms with Gasteiger partial charge < -0.3 is 0 Å². The molecule has 0 aliphatic carbocycles. The van der Waals surface area contributed by atoms with Crippen molar-refractivity contribution < 1.29 is 22.0 Å². The summed E-state index contributed by atoms with van der Waals surface area (Å²) >= 11 is 2.62. The van der Waals surface area contributed by atoms with Crippen LogP contribution in [-0.4, -0.2) is 0 Å². The van der Waals surface area contributed by atoms with Gasteiger partial charge in [0.1, 0.15) is 0 Å². The van der Waals surface area contributed by atoms with Gasteiger partial charge in [0.25, 0.3) is 4.57 Å². The Morgan fingerprint density at radius 3 is 1.40 bits per heavy atom. The van der Waals surface area contributed by atoms with Crippen LogP contribution in [0.3, 0.4) is 0 Å². The average molecular weight is 287 g/mol. The molecule has 0 saturated carbocycles. The summed E-state index contributed by atoms with van der Waals surface area (Å²) in [4.78, 5) is 0. The summed E-state index contributed by atoms with van der Waals surface area (Å²) in [7, 11) is 0. The Kier molecular flexibility index (Phi) is 2.07. The Labute approximate surface area is 87.9 Å². The van der Waals surface area contributed by atoms with Gasteiger partial charge in [-0.25, -0.2) is 22.0 Å². The van der Waals surface area contributed by atoms with E-state index in [1.165, 1.54) is 0 Å². The highest BCUT2D eigenvalue weighted by Gasteiger charge is 2.47. The minimum atomic E-state index is -2.20. The first-order valence-corrected chi connectivity index (χ1v) is 4.32. The molecule has 2 rings (SSSR count). The fourth-order valence-electron chi connectivity index (χ4n) is 1.03. The van der Waals surface area contributed by atoms with E-state index < -0.39 is 39.2 Å². The van der Waals surface area contributed by atoms with Crippen LogP contribution in [0, 0.1) is 29.1 Å². The Morgan fingerprint density at radius 1 is 0.733 bits per heavy atom. The number of alkyl halides is 1. The van der Waals surface area contributed by atoms with Crippen molar-refractivity contribution in [1.82, 2.24) is 0 Å². The molecule has 0 unspecified atom stereocenters. The molecule has 1 aromatic rings. The van der Waals surface area contributed by atoms with Gasteiger partial charge in [-0.2, -0.15) is 0 Å². The number of nitrogens with zero attached hydrogens (tertiary/aromatic N) is 2. The molecule has 0 radical (unpaired) electrons. The normalized spacial score (nSPS) is 16.9. The van der Waals surface area contributed by atoms with Crippen LogP contribution in [-0.2, 0) is 4.57 Å². The van der Waals surface area contributed by atoms with E-state index >= 15 is 0 Å². The maximum absolute atomic E-state index is 13.1. The fraction of sp³-hybridized carbons (Fsp3) is 0.143. The minimum Gasteiger partial charge on any atom is -0.203 e. The van der Waals surface area contributed by atoms with Crippen molar-refractivity contribution in [1.29, 1.82) is 0 Å². The van der Waals surface area contributed by atoms with Crippen molar-refractivity contribution in [3.05, 3.63) is 34.6 Å². The molecule has 0 fully saturated rings. The standard InChI is InChI=1S/C7BrF5N2/c8-7(14-15-7)1-2(9)4(11)6(13)5(12)3(1)10. The third-order valence-corrected chi connectivity index (χ3v) is 2.52. The molecular weight excluding hydrogens is 287 g/mol. The van der Waals surface area contributed by atoms with Crippen LogP contribution >= 0.6 is 15.9 Å². The molecule has 2 nitrogen and oxygen atoms in total. The smallest absolute Gasteiger partial charge is 0.203 e. The van der Waals surface area contributed by atoms with E-state index in [9.17, 15) is 22.0 Å². The molecule has 0 spiro atoms. The molecule has 1 heterocycles. The highest BCUT2D eigenvalue weighted by Crippen LogP contribution is 2.48. The topological polar surface area (TPSA) is 24.7 Å². The Morgan fingerprint density at radius 2 is 1.07 bits per heavy atom. The maximum Gasteiger partial charge on any atom is 0.275 e. The molecule has 1 aliphatic heterocycles. The molecule has 0 atom stereocenters. The second-order valence-electron chi connectivity index (χ2n) is 2.73. The van der Waals surface area contributed by atoms with E-state index in [0.29, 0.717) is 0 Å². The van der Waals surface area contributed by atoms with E-state index in [1.54, 1.807) is 0 Å². The molecule has 1 aromatic carbocycles. The number of rotatable bonds is 1. The average Bonchev–Trinajstić information content (AvgIpc) is 2.91. The van der Waals surface area contributed by atoms with Crippen molar-refractivity contribution in [2.75, 3.05) is 0 Å². The van der Waals surface area contributed by atoms with Crippen LogP contribution in [0.2, 0.25) is 0 Å². The molecular formula is C7BrF5N2. The van der Waals surface area contributed by atoms with Crippen LogP contribution in [0.25, 0.3) is 0 Å². The predicted molar refractivity (Wildman–Crippen MR) is 41.7 cm³/mol. The molecule has 0 saturated heterocycles. The van der Waals surface area contributed by atoms with Crippen molar-refractivity contribution in [2.45, 2.75) is 4.57 Å². The monoisotopic (exact) mass is 286 g/mol. The van der Waals surface area contributed by atoms with Gasteiger partial charge in [0, 0.05) is 0 Å². The van der Waals surface area contributed by atoms with Crippen LogP contribution in [0.4, 0.5) is 22.0 Å². The SMILES string of the molecule is Fc1c(F)c(F)c(C2(Br)N=N2)c(F)c1F. The van der Waals surface area contributed by atoms with Gasteiger partial charge in [0.2, 0.25) is 5.82 Å². The highest BCUT2D eigenvalue weighted by atomic mass is 79.9. The lowest BCUT2D eigenvalue weighted by atomic mass is 10.1. The van der Waals surface area contributed by atoms with Crippen molar-refractivity contribution in [3.63, 3.8) is 0 Å². The molecule has 8 heteroatoms. The lowest BCUT2D eigenvalue weighted by Gasteiger charge is -2.08. The first-order valence-electron chi connectivity index (χ1n) is 3.53. The van der Waals surface area contributed by atoms with Gasteiger partial charge in [-0.3, -0.25) is 0 Å². The second-order valence-corrected chi connectivity index (χ2v) is 3.84. The zero-order valence-corrected chi connectivity index (χ0v) is 8.25. The molecule has 80 valence electrons. The van der Waals surface area contributed by atoms with Gasteiger partial charge in [-0.1, -0.05) is 0 Å². The minimum absolute atomic E-state index is 1.10. The van der Waals surface area contributed by atoms with Gasteiger partial charge in [0.05, 0.1) is 5.56 Å². The van der Waals surface area contributed by atoms with Gasteiger partial charge in [0.15, 0.2) is 23.3 Å². The van der Waals surface area contributed by atoms with Gasteiger partial charge in [-0.05, 0) is 15.9 Å². The zero-order chi connectivity index (χ0) is 11.4. The van der Waals surface area contributed by atoms with Crippen molar-refractivity contribution in [2.24, 2.45) is 10.2 Å². The molecule has 0 bridgehead atoms. The lowest BCUT2D eigenvalue weighted by molar-refractivity contribution is 0.368. The van der Waals surface area contributed by atoms with Gasteiger partial charge >= 0.3 is 0 Å². The van der Waals surface area contributed by atoms with Crippen LogP contribution < -0.4 is 0 Å². The third-order valence-electron chi connectivity index (χ3n) is 1.80. The van der Waals surface area contributed by atoms with Crippen LogP contribution in [0.1, 0.15) is 5.56 Å². The molecule has 15 heavy (non-hydrogen) atoms. The highest BCUT2D eigenvalue weighted by molar-refractivity contribution is 9.09. The number of hydrogen-bond donors (Lipinski definition) is 0. The Balaban J connectivity index is 2.75. The summed E-state index contributed by atoms with van der Waals surface area (Å²) in [6, 6.07) is 0. The molecule has 0 N–H and O–H groups in total.